The first-order valence-corrected chi connectivity index (χ1v) is 6.67. The van der Waals surface area contributed by atoms with Crippen molar-refractivity contribution in [2.45, 2.75) is 32.7 Å². The number of amides is 1. The van der Waals surface area contributed by atoms with Gasteiger partial charge in [0.1, 0.15) is 0 Å². The standard InChI is InChI=1S/C15H19NO3/c1-3-11-4-6-12(7-5-11)14(17)16-9-8-13(10(16)2)15(18)19/h4-7,10,13H,3,8-9H2,1-2H3,(H,18,19). The normalized spacial score (nSPS) is 22.5. The molecular weight excluding hydrogens is 242 g/mol. The number of likely N-dealkylation sites (tertiary alicyclic amines) is 1. The van der Waals surface area contributed by atoms with Gasteiger partial charge in [0.05, 0.1) is 5.92 Å². The van der Waals surface area contributed by atoms with Crippen molar-refractivity contribution in [3.63, 3.8) is 0 Å². The molecule has 0 bridgehead atoms. The van der Waals surface area contributed by atoms with E-state index in [1.165, 1.54) is 5.56 Å². The van der Waals surface area contributed by atoms with Crippen LogP contribution >= 0.6 is 0 Å². The van der Waals surface area contributed by atoms with Crippen LogP contribution in [0.4, 0.5) is 0 Å². The molecule has 102 valence electrons. The highest BCUT2D eigenvalue weighted by Crippen LogP contribution is 2.26. The lowest BCUT2D eigenvalue weighted by Crippen LogP contribution is -2.37. The molecule has 0 aliphatic carbocycles. The number of rotatable bonds is 3. The summed E-state index contributed by atoms with van der Waals surface area (Å²) in [7, 11) is 0. The Labute approximate surface area is 113 Å². The summed E-state index contributed by atoms with van der Waals surface area (Å²) in [4.78, 5) is 25.1. The largest absolute Gasteiger partial charge is 0.481 e. The van der Waals surface area contributed by atoms with Crippen molar-refractivity contribution in [3.8, 4) is 0 Å². The Hall–Kier alpha value is -1.84. The number of aryl methyl sites for hydroxylation is 1. The van der Waals surface area contributed by atoms with E-state index in [2.05, 4.69) is 6.92 Å². The zero-order valence-corrected chi connectivity index (χ0v) is 11.3. The highest BCUT2D eigenvalue weighted by atomic mass is 16.4. The first kappa shape index (κ1) is 13.6. The molecule has 2 unspecified atom stereocenters. The number of hydrogen-bond acceptors (Lipinski definition) is 2. The molecule has 0 saturated carbocycles. The van der Waals surface area contributed by atoms with Crippen LogP contribution in [0.1, 0.15) is 36.2 Å². The molecule has 1 aliphatic rings. The molecule has 1 N–H and O–H groups in total. The molecule has 1 fully saturated rings. The van der Waals surface area contributed by atoms with Crippen molar-refractivity contribution in [2.75, 3.05) is 6.54 Å². The average molecular weight is 261 g/mol. The summed E-state index contributed by atoms with van der Waals surface area (Å²) in [5, 5.41) is 9.08. The first-order valence-electron chi connectivity index (χ1n) is 6.67. The minimum absolute atomic E-state index is 0.0705. The van der Waals surface area contributed by atoms with Crippen molar-refractivity contribution in [2.24, 2.45) is 5.92 Å². The smallest absolute Gasteiger partial charge is 0.308 e. The van der Waals surface area contributed by atoms with Crippen LogP contribution in [-0.2, 0) is 11.2 Å². The van der Waals surface area contributed by atoms with E-state index < -0.39 is 11.9 Å². The Bertz CT molecular complexity index is 481. The Morgan fingerprint density at radius 2 is 1.95 bits per heavy atom. The van der Waals surface area contributed by atoms with E-state index in [9.17, 15) is 9.59 Å². The molecule has 0 aromatic heterocycles. The topological polar surface area (TPSA) is 57.6 Å². The number of carbonyl (C=O) groups is 2. The van der Waals surface area contributed by atoms with Crippen LogP contribution in [0.15, 0.2) is 24.3 Å². The van der Waals surface area contributed by atoms with Gasteiger partial charge < -0.3 is 10.0 Å². The van der Waals surface area contributed by atoms with Crippen LogP contribution in [0.25, 0.3) is 0 Å². The van der Waals surface area contributed by atoms with Gasteiger partial charge in [-0.2, -0.15) is 0 Å². The molecule has 1 heterocycles. The van der Waals surface area contributed by atoms with Crippen molar-refractivity contribution < 1.29 is 14.7 Å². The maximum absolute atomic E-state index is 12.4. The van der Waals surface area contributed by atoms with E-state index >= 15 is 0 Å². The molecule has 0 radical (unpaired) electrons. The second-order valence-electron chi connectivity index (χ2n) is 5.02. The highest BCUT2D eigenvalue weighted by molar-refractivity contribution is 5.95. The molecule has 1 amide bonds. The van der Waals surface area contributed by atoms with Crippen molar-refractivity contribution >= 4 is 11.9 Å². The van der Waals surface area contributed by atoms with Crippen molar-refractivity contribution in [3.05, 3.63) is 35.4 Å². The van der Waals surface area contributed by atoms with E-state index in [4.69, 9.17) is 5.11 Å². The molecule has 2 rings (SSSR count). The van der Waals surface area contributed by atoms with Gasteiger partial charge in [0, 0.05) is 18.2 Å². The summed E-state index contributed by atoms with van der Waals surface area (Å²) in [5.74, 6) is -1.33. The molecule has 1 aliphatic heterocycles. The Morgan fingerprint density at radius 3 is 2.42 bits per heavy atom. The monoisotopic (exact) mass is 261 g/mol. The lowest BCUT2D eigenvalue weighted by atomic mass is 10.0. The van der Waals surface area contributed by atoms with Crippen molar-refractivity contribution in [1.29, 1.82) is 0 Å². The predicted molar refractivity (Wildman–Crippen MR) is 72.1 cm³/mol. The maximum atomic E-state index is 12.4. The maximum Gasteiger partial charge on any atom is 0.308 e. The molecule has 4 nitrogen and oxygen atoms in total. The van der Waals surface area contributed by atoms with Gasteiger partial charge in [-0.1, -0.05) is 19.1 Å². The van der Waals surface area contributed by atoms with Gasteiger partial charge in [0.15, 0.2) is 0 Å². The van der Waals surface area contributed by atoms with Gasteiger partial charge in [0.2, 0.25) is 0 Å². The van der Waals surface area contributed by atoms with E-state index in [1.54, 1.807) is 4.90 Å². The third kappa shape index (κ3) is 2.62. The number of carboxylic acid groups (broad SMARTS) is 1. The molecule has 2 atom stereocenters. The fourth-order valence-corrected chi connectivity index (χ4v) is 2.61. The van der Waals surface area contributed by atoms with Gasteiger partial charge in [0.25, 0.3) is 5.91 Å². The molecule has 4 heteroatoms. The predicted octanol–water partition coefficient (Wildman–Crippen LogP) is 2.18. The number of benzene rings is 1. The number of hydrogen-bond donors (Lipinski definition) is 1. The summed E-state index contributed by atoms with van der Waals surface area (Å²) in [6.45, 7) is 4.40. The number of nitrogens with zero attached hydrogens (tertiary/aromatic N) is 1. The van der Waals surface area contributed by atoms with Crippen LogP contribution in [0.3, 0.4) is 0 Å². The Kier molecular flexibility index (Phi) is 3.88. The fraction of sp³-hybridized carbons (Fsp3) is 0.467. The minimum atomic E-state index is -0.816. The number of carboxylic acids is 1. The molecule has 1 aromatic rings. The van der Waals surface area contributed by atoms with E-state index in [0.29, 0.717) is 18.5 Å². The molecule has 1 aromatic carbocycles. The summed E-state index contributed by atoms with van der Waals surface area (Å²) in [6.07, 6.45) is 1.48. The van der Waals surface area contributed by atoms with Gasteiger partial charge in [-0.3, -0.25) is 9.59 Å². The lowest BCUT2D eigenvalue weighted by molar-refractivity contribution is -0.142. The van der Waals surface area contributed by atoms with Crippen LogP contribution in [-0.4, -0.2) is 34.5 Å². The third-order valence-electron chi connectivity index (χ3n) is 3.94. The summed E-state index contributed by atoms with van der Waals surface area (Å²) in [5.41, 5.74) is 1.82. The van der Waals surface area contributed by atoms with Gasteiger partial charge in [-0.05, 0) is 37.5 Å². The van der Waals surface area contributed by atoms with E-state index in [0.717, 1.165) is 6.42 Å². The van der Waals surface area contributed by atoms with Gasteiger partial charge in [-0.15, -0.1) is 0 Å². The second-order valence-corrected chi connectivity index (χ2v) is 5.02. The SMILES string of the molecule is CCc1ccc(C(=O)N2CCC(C(=O)O)C2C)cc1. The number of aliphatic carboxylic acids is 1. The highest BCUT2D eigenvalue weighted by Gasteiger charge is 2.38. The van der Waals surface area contributed by atoms with E-state index in [1.807, 2.05) is 31.2 Å². The summed E-state index contributed by atoms with van der Waals surface area (Å²) in [6, 6.07) is 7.30. The van der Waals surface area contributed by atoms with Crippen LogP contribution in [0.2, 0.25) is 0 Å². The van der Waals surface area contributed by atoms with Gasteiger partial charge >= 0.3 is 5.97 Å². The van der Waals surface area contributed by atoms with Crippen LogP contribution in [0.5, 0.6) is 0 Å². The summed E-state index contributed by atoms with van der Waals surface area (Å²) >= 11 is 0. The lowest BCUT2D eigenvalue weighted by Gasteiger charge is -2.23. The molecule has 19 heavy (non-hydrogen) atoms. The van der Waals surface area contributed by atoms with Crippen molar-refractivity contribution in [1.82, 2.24) is 4.90 Å². The fourth-order valence-electron chi connectivity index (χ4n) is 2.61. The zero-order valence-electron chi connectivity index (χ0n) is 11.3. The third-order valence-corrected chi connectivity index (χ3v) is 3.94. The average Bonchev–Trinajstić information content (AvgIpc) is 2.80. The van der Waals surface area contributed by atoms with Gasteiger partial charge in [-0.25, -0.2) is 0 Å². The zero-order chi connectivity index (χ0) is 14.0. The van der Waals surface area contributed by atoms with Crippen LogP contribution < -0.4 is 0 Å². The molecule has 0 spiro atoms. The Balaban J connectivity index is 2.13. The quantitative estimate of drug-likeness (QED) is 0.907. The molecular formula is C15H19NO3. The Morgan fingerprint density at radius 1 is 1.32 bits per heavy atom. The molecule has 1 saturated heterocycles. The first-order chi connectivity index (χ1) is 9.04. The van der Waals surface area contributed by atoms with Crippen LogP contribution in [0, 0.1) is 5.92 Å². The second kappa shape index (κ2) is 5.43. The number of carbonyl (C=O) groups excluding carboxylic acids is 1. The summed E-state index contributed by atoms with van der Waals surface area (Å²) < 4.78 is 0. The minimum Gasteiger partial charge on any atom is -0.481 e. The van der Waals surface area contributed by atoms with E-state index in [-0.39, 0.29) is 11.9 Å².